The van der Waals surface area contributed by atoms with Crippen molar-refractivity contribution in [3.63, 3.8) is 0 Å². The maximum Gasteiger partial charge on any atom is 0.253 e. The number of aliphatic hydroxyl groups excluding tert-OH is 1. The van der Waals surface area contributed by atoms with E-state index in [9.17, 15) is 5.11 Å². The minimum atomic E-state index is -0.337. The predicted octanol–water partition coefficient (Wildman–Crippen LogP) is 2.58. The monoisotopic (exact) mass is 274 g/mol. The number of aryl methyl sites for hydroxylation is 2. The maximum absolute atomic E-state index is 9.92. The Balaban J connectivity index is 1.68. The van der Waals surface area contributed by atoms with Crippen molar-refractivity contribution in [3.8, 4) is 5.75 Å². The summed E-state index contributed by atoms with van der Waals surface area (Å²) < 4.78 is 11.1. The van der Waals surface area contributed by atoms with Gasteiger partial charge in [-0.05, 0) is 42.5 Å². The van der Waals surface area contributed by atoms with Crippen LogP contribution in [-0.2, 0) is 19.4 Å². The van der Waals surface area contributed by atoms with Gasteiger partial charge in [0.25, 0.3) is 5.89 Å². The Morgan fingerprint density at radius 2 is 2.20 bits per heavy atom. The van der Waals surface area contributed by atoms with Crippen LogP contribution >= 0.6 is 0 Å². The van der Waals surface area contributed by atoms with Gasteiger partial charge in [0.15, 0.2) is 6.61 Å². The van der Waals surface area contributed by atoms with E-state index in [0.29, 0.717) is 11.8 Å². The van der Waals surface area contributed by atoms with Crippen molar-refractivity contribution in [1.29, 1.82) is 0 Å². The van der Waals surface area contributed by atoms with Crippen LogP contribution in [0.3, 0.4) is 0 Å². The van der Waals surface area contributed by atoms with Crippen molar-refractivity contribution in [3.05, 3.63) is 41.1 Å². The van der Waals surface area contributed by atoms with Crippen molar-refractivity contribution >= 4 is 0 Å². The summed E-state index contributed by atoms with van der Waals surface area (Å²) in [7, 11) is 0. The van der Waals surface area contributed by atoms with Crippen LogP contribution in [0.1, 0.15) is 48.8 Å². The highest BCUT2D eigenvalue weighted by Gasteiger charge is 2.18. The Labute approximate surface area is 117 Å². The molecule has 0 spiro atoms. The molecule has 0 saturated heterocycles. The highest BCUT2D eigenvalue weighted by atomic mass is 16.5. The largest absolute Gasteiger partial charge is 0.484 e. The zero-order valence-corrected chi connectivity index (χ0v) is 11.5. The van der Waals surface area contributed by atoms with E-state index in [1.165, 1.54) is 5.56 Å². The lowest BCUT2D eigenvalue weighted by Gasteiger charge is -2.21. The van der Waals surface area contributed by atoms with Crippen LogP contribution in [0.4, 0.5) is 0 Å². The first-order chi connectivity index (χ1) is 9.76. The van der Waals surface area contributed by atoms with Gasteiger partial charge in [-0.2, -0.15) is 0 Å². The number of fused-ring (bicyclic) bond motifs is 1. The normalized spacial score (nSPS) is 17.8. The maximum atomic E-state index is 9.92. The van der Waals surface area contributed by atoms with Crippen molar-refractivity contribution < 1.29 is 14.3 Å². The zero-order chi connectivity index (χ0) is 13.9. The molecule has 0 aliphatic heterocycles. The van der Waals surface area contributed by atoms with Gasteiger partial charge in [-0.15, -0.1) is 10.2 Å². The van der Waals surface area contributed by atoms with Crippen LogP contribution in [0.5, 0.6) is 5.75 Å². The molecule has 1 atom stereocenters. The van der Waals surface area contributed by atoms with Crippen LogP contribution in [0.15, 0.2) is 22.6 Å². The Morgan fingerprint density at radius 1 is 1.35 bits per heavy atom. The Bertz CT molecular complexity index is 595. The van der Waals surface area contributed by atoms with Gasteiger partial charge in [0, 0.05) is 6.42 Å². The predicted molar refractivity (Wildman–Crippen MR) is 72.3 cm³/mol. The lowest BCUT2D eigenvalue weighted by molar-refractivity contribution is 0.156. The minimum absolute atomic E-state index is 0.272. The number of benzene rings is 1. The quantitative estimate of drug-likeness (QED) is 0.928. The first-order valence-corrected chi connectivity index (χ1v) is 7.01. The van der Waals surface area contributed by atoms with Gasteiger partial charge < -0.3 is 14.3 Å². The van der Waals surface area contributed by atoms with Gasteiger partial charge in [0.2, 0.25) is 5.89 Å². The van der Waals surface area contributed by atoms with Crippen LogP contribution in [0, 0.1) is 0 Å². The summed E-state index contributed by atoms with van der Waals surface area (Å²) in [6.45, 7) is 2.24. The number of aromatic nitrogens is 2. The fraction of sp³-hybridized carbons (Fsp3) is 0.467. The second-order valence-electron chi connectivity index (χ2n) is 5.00. The van der Waals surface area contributed by atoms with Gasteiger partial charge in [0.1, 0.15) is 5.75 Å². The van der Waals surface area contributed by atoms with Gasteiger partial charge in [-0.1, -0.05) is 13.0 Å². The van der Waals surface area contributed by atoms with E-state index in [4.69, 9.17) is 9.15 Å². The molecule has 0 fully saturated rings. The van der Waals surface area contributed by atoms with E-state index in [2.05, 4.69) is 10.2 Å². The number of nitrogens with zero attached hydrogens (tertiary/aromatic N) is 2. The number of ether oxygens (including phenoxy) is 1. The molecule has 3 rings (SSSR count). The van der Waals surface area contributed by atoms with Crippen LogP contribution in [0.25, 0.3) is 0 Å². The highest BCUT2D eigenvalue weighted by molar-refractivity contribution is 5.38. The molecule has 5 heteroatoms. The molecule has 1 aliphatic rings. The third-order valence-corrected chi connectivity index (χ3v) is 3.57. The molecule has 0 saturated carbocycles. The molecule has 1 aromatic heterocycles. The van der Waals surface area contributed by atoms with Gasteiger partial charge >= 0.3 is 0 Å². The molecule has 1 aliphatic carbocycles. The first-order valence-electron chi connectivity index (χ1n) is 7.01. The molecule has 1 aromatic carbocycles. The summed E-state index contributed by atoms with van der Waals surface area (Å²) >= 11 is 0. The molecule has 1 unspecified atom stereocenters. The molecule has 1 N–H and O–H groups in total. The zero-order valence-electron chi connectivity index (χ0n) is 11.5. The second kappa shape index (κ2) is 5.63. The molecule has 5 nitrogen and oxygen atoms in total. The molecule has 20 heavy (non-hydrogen) atoms. The van der Waals surface area contributed by atoms with E-state index in [-0.39, 0.29) is 12.7 Å². The van der Waals surface area contributed by atoms with Crippen LogP contribution < -0.4 is 4.74 Å². The van der Waals surface area contributed by atoms with E-state index in [1.807, 2.05) is 25.1 Å². The molecular formula is C15H18N2O3. The Morgan fingerprint density at radius 3 is 3.00 bits per heavy atom. The number of rotatable bonds is 4. The van der Waals surface area contributed by atoms with Gasteiger partial charge in [-0.3, -0.25) is 0 Å². The molecule has 0 radical (unpaired) electrons. The van der Waals surface area contributed by atoms with E-state index in [0.717, 1.165) is 37.0 Å². The SMILES string of the molecule is CCc1nnc(COc2ccc3c(c2)CCCC3O)o1. The minimum Gasteiger partial charge on any atom is -0.484 e. The van der Waals surface area contributed by atoms with Gasteiger partial charge in [0.05, 0.1) is 6.10 Å². The smallest absolute Gasteiger partial charge is 0.253 e. The Kier molecular flexibility index (Phi) is 3.69. The standard InChI is InChI=1S/C15H18N2O3/c1-2-14-16-17-15(20-14)9-19-11-6-7-12-10(8-11)4-3-5-13(12)18/h6-8,13,18H,2-5,9H2,1H3. The summed E-state index contributed by atoms with van der Waals surface area (Å²) in [5, 5.41) is 17.7. The van der Waals surface area contributed by atoms with E-state index in [1.54, 1.807) is 0 Å². The average Bonchev–Trinajstić information content (AvgIpc) is 2.93. The molecular weight excluding hydrogens is 256 g/mol. The summed E-state index contributed by atoms with van der Waals surface area (Å²) in [4.78, 5) is 0. The average molecular weight is 274 g/mol. The topological polar surface area (TPSA) is 68.4 Å². The summed E-state index contributed by atoms with van der Waals surface area (Å²) in [5.74, 6) is 1.88. The number of aliphatic hydroxyl groups is 1. The van der Waals surface area contributed by atoms with E-state index < -0.39 is 0 Å². The lowest BCUT2D eigenvalue weighted by Crippen LogP contribution is -2.09. The third kappa shape index (κ3) is 2.67. The van der Waals surface area contributed by atoms with Gasteiger partial charge in [-0.25, -0.2) is 0 Å². The van der Waals surface area contributed by atoms with Crippen molar-refractivity contribution in [2.45, 2.75) is 45.3 Å². The summed E-state index contributed by atoms with van der Waals surface area (Å²) in [6.07, 6.45) is 3.24. The molecule has 2 aromatic rings. The molecule has 0 bridgehead atoms. The van der Waals surface area contributed by atoms with Crippen molar-refractivity contribution in [2.24, 2.45) is 0 Å². The lowest BCUT2D eigenvalue weighted by atomic mass is 9.89. The highest BCUT2D eigenvalue weighted by Crippen LogP contribution is 2.32. The second-order valence-corrected chi connectivity index (χ2v) is 5.00. The molecule has 1 heterocycles. The first kappa shape index (κ1) is 13.1. The fourth-order valence-corrected chi connectivity index (χ4v) is 2.49. The number of hydrogen-bond donors (Lipinski definition) is 1. The summed E-state index contributed by atoms with van der Waals surface area (Å²) in [6, 6.07) is 5.82. The molecule has 106 valence electrons. The number of hydrogen-bond acceptors (Lipinski definition) is 5. The van der Waals surface area contributed by atoms with Crippen LogP contribution in [-0.4, -0.2) is 15.3 Å². The molecule has 0 amide bonds. The van der Waals surface area contributed by atoms with E-state index >= 15 is 0 Å². The van der Waals surface area contributed by atoms with Crippen molar-refractivity contribution in [1.82, 2.24) is 10.2 Å². The third-order valence-electron chi connectivity index (χ3n) is 3.57. The van der Waals surface area contributed by atoms with Crippen LogP contribution in [0.2, 0.25) is 0 Å². The van der Waals surface area contributed by atoms with Crippen molar-refractivity contribution in [2.75, 3.05) is 0 Å². The summed E-state index contributed by atoms with van der Waals surface area (Å²) in [5.41, 5.74) is 2.19. The fourth-order valence-electron chi connectivity index (χ4n) is 2.49. The Hall–Kier alpha value is -1.88.